The fraction of sp³-hybridized carbons (Fsp3) is 0.190. The summed E-state index contributed by atoms with van der Waals surface area (Å²) in [5.74, 6) is 0.513. The Bertz CT molecular complexity index is 1110. The molecule has 0 fully saturated rings. The van der Waals surface area contributed by atoms with Gasteiger partial charge in [0.2, 0.25) is 15.9 Å². The largest absolute Gasteiger partial charge is 0.497 e. The second-order valence-corrected chi connectivity index (χ2v) is 9.39. The summed E-state index contributed by atoms with van der Waals surface area (Å²) in [5, 5.41) is 2.77. The minimum absolute atomic E-state index is 0.0579. The molecule has 0 radical (unpaired) electrons. The maximum Gasteiger partial charge on any atom is 0.243 e. The van der Waals surface area contributed by atoms with E-state index in [1.54, 1.807) is 36.4 Å². The molecule has 0 bridgehead atoms. The Morgan fingerprint density at radius 1 is 1.17 bits per heavy atom. The van der Waals surface area contributed by atoms with Gasteiger partial charge in [0, 0.05) is 10.2 Å². The molecule has 0 aliphatic rings. The number of sulfonamides is 1. The van der Waals surface area contributed by atoms with E-state index in [0.29, 0.717) is 17.2 Å². The number of carbonyl (C=O) groups excluding carboxylic acids is 1. The van der Waals surface area contributed by atoms with Crippen LogP contribution in [0.25, 0.3) is 0 Å². The first-order valence-corrected chi connectivity index (χ1v) is 11.3. The molecule has 1 aromatic heterocycles. The minimum Gasteiger partial charge on any atom is -0.497 e. The summed E-state index contributed by atoms with van der Waals surface area (Å²) in [7, 11) is -2.46. The van der Waals surface area contributed by atoms with Gasteiger partial charge in [0.25, 0.3) is 0 Å². The van der Waals surface area contributed by atoms with Crippen molar-refractivity contribution in [1.29, 1.82) is 0 Å². The van der Waals surface area contributed by atoms with Crippen LogP contribution in [-0.2, 0) is 21.4 Å². The molecule has 0 spiro atoms. The van der Waals surface area contributed by atoms with Gasteiger partial charge in [0.1, 0.15) is 11.5 Å². The standard InChI is InChI=1S/C21H21BrN2O5S/c1-15-12-16(22)5-10-20(15)23-21(25)14-24(13-18-4-3-11-29-18)30(26,27)19-8-6-17(28-2)7-9-19/h3-12H,13-14H2,1-2H3,(H,23,25). The summed E-state index contributed by atoms with van der Waals surface area (Å²) in [6, 6.07) is 14.8. The van der Waals surface area contributed by atoms with Crippen LogP contribution in [-0.4, -0.2) is 32.3 Å². The lowest BCUT2D eigenvalue weighted by atomic mass is 10.2. The van der Waals surface area contributed by atoms with Crippen molar-refractivity contribution in [2.24, 2.45) is 0 Å². The lowest BCUT2D eigenvalue weighted by molar-refractivity contribution is -0.116. The van der Waals surface area contributed by atoms with Crippen LogP contribution in [0.2, 0.25) is 0 Å². The van der Waals surface area contributed by atoms with Gasteiger partial charge >= 0.3 is 0 Å². The highest BCUT2D eigenvalue weighted by atomic mass is 79.9. The number of halogens is 1. The van der Waals surface area contributed by atoms with E-state index in [0.717, 1.165) is 14.3 Å². The predicted octanol–water partition coefficient (Wildman–Crippen LogP) is 4.19. The average Bonchev–Trinajstić information content (AvgIpc) is 3.23. The zero-order chi connectivity index (χ0) is 21.7. The van der Waals surface area contributed by atoms with Crippen molar-refractivity contribution in [3.63, 3.8) is 0 Å². The molecule has 3 aromatic rings. The fourth-order valence-corrected chi connectivity index (χ4v) is 4.65. The summed E-state index contributed by atoms with van der Waals surface area (Å²) in [5.41, 5.74) is 1.47. The van der Waals surface area contributed by atoms with E-state index in [9.17, 15) is 13.2 Å². The number of furan rings is 1. The van der Waals surface area contributed by atoms with Crippen molar-refractivity contribution >= 4 is 37.5 Å². The zero-order valence-corrected chi connectivity index (χ0v) is 18.9. The number of nitrogens with one attached hydrogen (secondary N) is 1. The van der Waals surface area contributed by atoms with Crippen LogP contribution < -0.4 is 10.1 Å². The van der Waals surface area contributed by atoms with Gasteiger partial charge in [-0.15, -0.1) is 0 Å². The van der Waals surface area contributed by atoms with Gasteiger partial charge in [-0.25, -0.2) is 8.42 Å². The molecular weight excluding hydrogens is 472 g/mol. The molecule has 7 nitrogen and oxygen atoms in total. The lowest BCUT2D eigenvalue weighted by Gasteiger charge is -2.21. The molecule has 1 amide bonds. The number of amides is 1. The van der Waals surface area contributed by atoms with Crippen molar-refractivity contribution in [2.75, 3.05) is 19.0 Å². The monoisotopic (exact) mass is 492 g/mol. The quantitative estimate of drug-likeness (QED) is 0.509. The molecule has 0 aliphatic carbocycles. The highest BCUT2D eigenvalue weighted by molar-refractivity contribution is 9.10. The Balaban J connectivity index is 1.85. The van der Waals surface area contributed by atoms with E-state index < -0.39 is 15.9 Å². The molecule has 1 N–H and O–H groups in total. The highest BCUT2D eigenvalue weighted by Gasteiger charge is 2.28. The molecule has 0 unspecified atom stereocenters. The first-order chi connectivity index (χ1) is 14.3. The Morgan fingerprint density at radius 2 is 1.90 bits per heavy atom. The number of aryl methyl sites for hydroxylation is 1. The van der Waals surface area contributed by atoms with Crippen molar-refractivity contribution in [1.82, 2.24) is 4.31 Å². The smallest absolute Gasteiger partial charge is 0.243 e. The average molecular weight is 493 g/mol. The topological polar surface area (TPSA) is 88.9 Å². The van der Waals surface area contributed by atoms with Gasteiger partial charge in [-0.05, 0) is 67.1 Å². The second kappa shape index (κ2) is 9.46. The number of anilines is 1. The van der Waals surface area contributed by atoms with Crippen molar-refractivity contribution in [3.05, 3.63) is 76.7 Å². The maximum atomic E-state index is 13.2. The van der Waals surface area contributed by atoms with Gasteiger partial charge in [-0.1, -0.05) is 15.9 Å². The summed E-state index contributed by atoms with van der Waals surface area (Å²) in [6.07, 6.45) is 1.46. The number of hydrogen-bond acceptors (Lipinski definition) is 5. The number of nitrogens with zero attached hydrogens (tertiary/aromatic N) is 1. The zero-order valence-electron chi connectivity index (χ0n) is 16.5. The number of rotatable bonds is 8. The molecule has 2 aromatic carbocycles. The number of carbonyl (C=O) groups is 1. The number of benzene rings is 2. The molecule has 0 saturated carbocycles. The lowest BCUT2D eigenvalue weighted by Crippen LogP contribution is -2.37. The van der Waals surface area contributed by atoms with E-state index >= 15 is 0 Å². The van der Waals surface area contributed by atoms with Gasteiger partial charge in [0.05, 0.1) is 31.4 Å². The Morgan fingerprint density at radius 3 is 2.50 bits per heavy atom. The molecule has 0 saturated heterocycles. The highest BCUT2D eigenvalue weighted by Crippen LogP contribution is 2.23. The Hall–Kier alpha value is -2.62. The summed E-state index contributed by atoms with van der Waals surface area (Å²) >= 11 is 3.38. The molecule has 0 aliphatic heterocycles. The number of hydrogen-bond donors (Lipinski definition) is 1. The van der Waals surface area contributed by atoms with E-state index in [-0.39, 0.29) is 18.0 Å². The summed E-state index contributed by atoms with van der Waals surface area (Å²) < 4.78 is 38.8. The first-order valence-electron chi connectivity index (χ1n) is 9.02. The second-order valence-electron chi connectivity index (χ2n) is 6.54. The van der Waals surface area contributed by atoms with E-state index in [1.807, 2.05) is 13.0 Å². The number of ether oxygens (including phenoxy) is 1. The van der Waals surface area contributed by atoms with Gasteiger partial charge in [-0.2, -0.15) is 4.31 Å². The van der Waals surface area contributed by atoms with Crippen molar-refractivity contribution < 1.29 is 22.4 Å². The summed E-state index contributed by atoms with van der Waals surface area (Å²) in [4.78, 5) is 12.7. The Kier molecular flexibility index (Phi) is 6.96. The maximum absolute atomic E-state index is 13.2. The van der Waals surface area contributed by atoms with Gasteiger partial charge in [0.15, 0.2) is 0 Å². The molecule has 30 heavy (non-hydrogen) atoms. The third kappa shape index (κ3) is 5.29. The van der Waals surface area contributed by atoms with Crippen molar-refractivity contribution in [2.45, 2.75) is 18.4 Å². The van der Waals surface area contributed by atoms with Crippen LogP contribution in [0.15, 0.2) is 74.6 Å². The number of methoxy groups -OCH3 is 1. The molecule has 1 heterocycles. The molecule has 0 atom stereocenters. The first kappa shape index (κ1) is 22.1. The Labute approximate surface area is 183 Å². The van der Waals surface area contributed by atoms with E-state index in [1.165, 1.54) is 25.5 Å². The van der Waals surface area contributed by atoms with Crippen LogP contribution in [0.5, 0.6) is 5.75 Å². The van der Waals surface area contributed by atoms with Crippen LogP contribution in [0.1, 0.15) is 11.3 Å². The van der Waals surface area contributed by atoms with E-state index in [4.69, 9.17) is 9.15 Å². The normalized spacial score (nSPS) is 11.5. The molecule has 3 rings (SSSR count). The molecule has 158 valence electrons. The SMILES string of the molecule is COc1ccc(S(=O)(=O)N(CC(=O)Nc2ccc(Br)cc2C)Cc2ccco2)cc1. The van der Waals surface area contributed by atoms with Crippen LogP contribution >= 0.6 is 15.9 Å². The molecular formula is C21H21BrN2O5S. The van der Waals surface area contributed by atoms with Crippen LogP contribution in [0, 0.1) is 6.92 Å². The third-order valence-corrected chi connectivity index (χ3v) is 6.69. The predicted molar refractivity (Wildman–Crippen MR) is 117 cm³/mol. The van der Waals surface area contributed by atoms with Gasteiger partial charge in [-0.3, -0.25) is 4.79 Å². The molecule has 9 heteroatoms. The van der Waals surface area contributed by atoms with Crippen molar-refractivity contribution in [3.8, 4) is 5.75 Å². The summed E-state index contributed by atoms with van der Waals surface area (Å²) in [6.45, 7) is 1.41. The van der Waals surface area contributed by atoms with E-state index in [2.05, 4.69) is 21.2 Å². The minimum atomic E-state index is -3.96. The van der Waals surface area contributed by atoms with Crippen LogP contribution in [0.4, 0.5) is 5.69 Å². The van der Waals surface area contributed by atoms with Crippen LogP contribution in [0.3, 0.4) is 0 Å². The third-order valence-electron chi connectivity index (χ3n) is 4.39. The fourth-order valence-electron chi connectivity index (χ4n) is 2.82. The van der Waals surface area contributed by atoms with Gasteiger partial charge < -0.3 is 14.5 Å².